The normalized spacial score (nSPS) is 25.5. The van der Waals surface area contributed by atoms with Crippen LogP contribution in [0.3, 0.4) is 0 Å². The maximum atomic E-state index is 5.84. The van der Waals surface area contributed by atoms with Crippen LogP contribution in [0.1, 0.15) is 82.3 Å². The van der Waals surface area contributed by atoms with Crippen LogP contribution >= 0.6 is 0 Å². The van der Waals surface area contributed by atoms with Crippen LogP contribution in [0.2, 0.25) is 0 Å². The Morgan fingerprint density at radius 2 is 1.88 bits per heavy atom. The zero-order chi connectivity index (χ0) is 18.2. The summed E-state index contributed by atoms with van der Waals surface area (Å²) in [6.45, 7) is 6.81. The van der Waals surface area contributed by atoms with E-state index in [0.29, 0.717) is 0 Å². The molecular weight excluding hydrogens is 316 g/mol. The predicted octanol–water partition coefficient (Wildman–Crippen LogP) is 7.13. The third-order valence-electron chi connectivity index (χ3n) is 6.81. The number of aryl methyl sites for hydroxylation is 1. The van der Waals surface area contributed by atoms with Gasteiger partial charge in [0.2, 0.25) is 0 Å². The number of rotatable bonds is 9. The summed E-state index contributed by atoms with van der Waals surface area (Å²) in [6.07, 6.45) is 18.5. The fraction of sp³-hybridized carbons (Fsp3) is 0.680. The van der Waals surface area contributed by atoms with Crippen molar-refractivity contribution in [1.29, 1.82) is 0 Å². The van der Waals surface area contributed by atoms with Gasteiger partial charge in [-0.3, -0.25) is 0 Å². The molecule has 0 heterocycles. The summed E-state index contributed by atoms with van der Waals surface area (Å²) in [5.41, 5.74) is 3.12. The van der Waals surface area contributed by atoms with Gasteiger partial charge in [-0.25, -0.2) is 0 Å². The number of fused-ring (bicyclic) bond motifs is 1. The van der Waals surface area contributed by atoms with Crippen molar-refractivity contribution in [2.75, 3.05) is 6.61 Å². The molecular formula is C25H38O. The van der Waals surface area contributed by atoms with Crippen LogP contribution in [0.5, 0.6) is 5.75 Å². The van der Waals surface area contributed by atoms with E-state index in [-0.39, 0.29) is 0 Å². The molecule has 0 aliphatic heterocycles. The average molecular weight is 355 g/mol. The molecule has 26 heavy (non-hydrogen) atoms. The van der Waals surface area contributed by atoms with E-state index in [1.54, 1.807) is 5.56 Å². The molecule has 1 aromatic rings. The average Bonchev–Trinajstić information content (AvgIpc) is 2.68. The lowest BCUT2D eigenvalue weighted by Crippen LogP contribution is -2.26. The van der Waals surface area contributed by atoms with E-state index >= 15 is 0 Å². The molecule has 1 atom stereocenters. The number of ether oxygens (including phenoxy) is 1. The zero-order valence-corrected chi connectivity index (χ0v) is 16.8. The first-order valence-electron chi connectivity index (χ1n) is 11.2. The summed E-state index contributed by atoms with van der Waals surface area (Å²) < 4.78 is 5.84. The van der Waals surface area contributed by atoms with Gasteiger partial charge in [0.25, 0.3) is 0 Å². The first-order chi connectivity index (χ1) is 12.8. The van der Waals surface area contributed by atoms with Gasteiger partial charge in [-0.1, -0.05) is 57.6 Å². The fourth-order valence-electron chi connectivity index (χ4n) is 5.14. The van der Waals surface area contributed by atoms with Crippen molar-refractivity contribution in [3.05, 3.63) is 42.0 Å². The highest BCUT2D eigenvalue weighted by atomic mass is 16.5. The minimum atomic E-state index is 0.742. The number of hydrogen-bond donors (Lipinski definition) is 0. The van der Waals surface area contributed by atoms with Crippen LogP contribution in [0.15, 0.2) is 30.9 Å². The first-order valence-corrected chi connectivity index (χ1v) is 11.2. The van der Waals surface area contributed by atoms with Gasteiger partial charge in [-0.05, 0) is 79.5 Å². The molecule has 0 N–H and O–H groups in total. The van der Waals surface area contributed by atoms with Gasteiger partial charge in [0.1, 0.15) is 5.75 Å². The van der Waals surface area contributed by atoms with Crippen LogP contribution in [-0.2, 0) is 12.8 Å². The molecule has 0 aromatic heterocycles. The fourth-order valence-corrected chi connectivity index (χ4v) is 5.14. The smallest absolute Gasteiger partial charge is 0.119 e. The molecule has 1 unspecified atom stereocenters. The van der Waals surface area contributed by atoms with E-state index in [4.69, 9.17) is 4.74 Å². The predicted molar refractivity (Wildman–Crippen MR) is 112 cm³/mol. The highest BCUT2D eigenvalue weighted by Gasteiger charge is 2.30. The van der Waals surface area contributed by atoms with Crippen molar-refractivity contribution in [1.82, 2.24) is 0 Å². The largest absolute Gasteiger partial charge is 0.493 e. The topological polar surface area (TPSA) is 9.23 Å². The number of hydrogen-bond acceptors (Lipinski definition) is 1. The van der Waals surface area contributed by atoms with Gasteiger partial charge in [0.15, 0.2) is 0 Å². The molecule has 1 fully saturated rings. The van der Waals surface area contributed by atoms with E-state index < -0.39 is 0 Å². The Balaban J connectivity index is 1.47. The Bertz CT molecular complexity index is 553. The Labute approximate surface area is 161 Å². The molecule has 1 nitrogen and oxygen atoms in total. The van der Waals surface area contributed by atoms with E-state index in [1.807, 2.05) is 6.08 Å². The van der Waals surface area contributed by atoms with Crippen LogP contribution in [-0.4, -0.2) is 6.61 Å². The summed E-state index contributed by atoms with van der Waals surface area (Å²) in [5.74, 6) is 3.97. The second-order valence-corrected chi connectivity index (χ2v) is 8.64. The van der Waals surface area contributed by atoms with Gasteiger partial charge in [-0.2, -0.15) is 0 Å². The maximum Gasteiger partial charge on any atom is 0.119 e. The highest BCUT2D eigenvalue weighted by molar-refractivity contribution is 5.37. The standard InChI is InChI=1S/C25H38O/c1-3-5-7-8-20-9-11-21(12-10-20)22-13-14-24-19-25(26-17-6-4-2)16-15-23(24)18-22/h4,15-16,19-22H,2-3,5-14,17-18H2,1H3. The third kappa shape index (κ3) is 5.38. The summed E-state index contributed by atoms with van der Waals surface area (Å²) in [7, 11) is 0. The second kappa shape index (κ2) is 10.2. The quantitative estimate of drug-likeness (QED) is 0.338. The van der Waals surface area contributed by atoms with Crippen molar-refractivity contribution in [3.63, 3.8) is 0 Å². The first kappa shape index (κ1) is 19.5. The Morgan fingerprint density at radius 1 is 1.04 bits per heavy atom. The van der Waals surface area contributed by atoms with Crippen molar-refractivity contribution in [2.45, 2.75) is 84.0 Å². The summed E-state index contributed by atoms with van der Waals surface area (Å²) >= 11 is 0. The van der Waals surface area contributed by atoms with Crippen molar-refractivity contribution in [3.8, 4) is 5.75 Å². The molecule has 3 rings (SSSR count). The maximum absolute atomic E-state index is 5.84. The van der Waals surface area contributed by atoms with E-state index in [2.05, 4.69) is 31.7 Å². The van der Waals surface area contributed by atoms with Gasteiger partial charge in [0.05, 0.1) is 6.61 Å². The monoisotopic (exact) mass is 354 g/mol. The van der Waals surface area contributed by atoms with Gasteiger partial charge >= 0.3 is 0 Å². The molecule has 0 bridgehead atoms. The highest BCUT2D eigenvalue weighted by Crippen LogP contribution is 2.41. The molecule has 144 valence electrons. The Hall–Kier alpha value is -1.24. The molecule has 0 amide bonds. The van der Waals surface area contributed by atoms with Crippen LogP contribution in [0.4, 0.5) is 0 Å². The lowest BCUT2D eigenvalue weighted by Gasteiger charge is -2.36. The zero-order valence-electron chi connectivity index (χ0n) is 16.8. The van der Waals surface area contributed by atoms with E-state index in [0.717, 1.165) is 36.5 Å². The Kier molecular flexibility index (Phi) is 7.65. The lowest BCUT2D eigenvalue weighted by atomic mass is 9.69. The summed E-state index contributed by atoms with van der Waals surface area (Å²) in [6, 6.07) is 6.80. The van der Waals surface area contributed by atoms with Gasteiger partial charge < -0.3 is 4.74 Å². The van der Waals surface area contributed by atoms with E-state index in [9.17, 15) is 0 Å². The van der Waals surface area contributed by atoms with Crippen molar-refractivity contribution in [2.24, 2.45) is 17.8 Å². The lowest BCUT2D eigenvalue weighted by molar-refractivity contribution is 0.183. The van der Waals surface area contributed by atoms with Crippen molar-refractivity contribution >= 4 is 0 Å². The Morgan fingerprint density at radius 3 is 2.65 bits per heavy atom. The summed E-state index contributed by atoms with van der Waals surface area (Å²) in [4.78, 5) is 0. The van der Waals surface area contributed by atoms with Crippen LogP contribution in [0, 0.1) is 17.8 Å². The number of unbranched alkanes of at least 4 members (excludes halogenated alkanes) is 2. The molecule has 1 saturated carbocycles. The second-order valence-electron chi connectivity index (χ2n) is 8.64. The van der Waals surface area contributed by atoms with Crippen LogP contribution in [0.25, 0.3) is 0 Å². The molecule has 2 aliphatic carbocycles. The van der Waals surface area contributed by atoms with Crippen LogP contribution < -0.4 is 4.74 Å². The number of benzene rings is 1. The third-order valence-corrected chi connectivity index (χ3v) is 6.81. The van der Waals surface area contributed by atoms with Crippen molar-refractivity contribution < 1.29 is 4.74 Å². The molecule has 2 aliphatic rings. The SMILES string of the molecule is C=CCCOc1ccc2c(c1)CCC(C1CCC(CCCCC)CC1)C2. The van der Waals surface area contributed by atoms with Gasteiger partial charge in [0, 0.05) is 0 Å². The molecule has 0 radical (unpaired) electrons. The minimum Gasteiger partial charge on any atom is -0.493 e. The molecule has 0 saturated heterocycles. The molecule has 0 spiro atoms. The molecule has 1 heteroatoms. The molecule has 1 aromatic carbocycles. The van der Waals surface area contributed by atoms with Gasteiger partial charge in [-0.15, -0.1) is 6.58 Å². The minimum absolute atomic E-state index is 0.742. The summed E-state index contributed by atoms with van der Waals surface area (Å²) in [5, 5.41) is 0. The van der Waals surface area contributed by atoms with E-state index in [1.165, 1.54) is 76.2 Å².